The molecule has 2 atom stereocenters. The lowest BCUT2D eigenvalue weighted by Gasteiger charge is -2.05. The van der Waals surface area contributed by atoms with Crippen LogP contribution in [-0.4, -0.2) is 17.7 Å². The molecule has 0 aliphatic heterocycles. The van der Waals surface area contributed by atoms with Crippen molar-refractivity contribution in [3.63, 3.8) is 0 Å². The van der Waals surface area contributed by atoms with Crippen LogP contribution in [0.2, 0.25) is 0 Å². The van der Waals surface area contributed by atoms with Gasteiger partial charge in [-0.15, -0.1) is 0 Å². The van der Waals surface area contributed by atoms with E-state index < -0.39 is 0 Å². The van der Waals surface area contributed by atoms with Crippen molar-refractivity contribution in [1.29, 1.82) is 0 Å². The number of carbonyl (C=O) groups excluding carboxylic acids is 1. The molecule has 1 aliphatic rings. The van der Waals surface area contributed by atoms with E-state index in [1.807, 2.05) is 19.9 Å². The summed E-state index contributed by atoms with van der Waals surface area (Å²) in [5.74, 6) is 0.470. The van der Waals surface area contributed by atoms with Gasteiger partial charge in [0.05, 0.1) is 12.5 Å². The first-order valence-corrected chi connectivity index (χ1v) is 5.59. The van der Waals surface area contributed by atoms with Crippen LogP contribution in [0, 0.1) is 12.8 Å². The third-order valence-corrected chi connectivity index (χ3v) is 3.03. The highest BCUT2D eigenvalue weighted by atomic mass is 16.5. The number of ether oxygens (including phenoxy) is 1. The third kappa shape index (κ3) is 2.03. The van der Waals surface area contributed by atoms with E-state index >= 15 is 0 Å². The van der Waals surface area contributed by atoms with Gasteiger partial charge in [-0.25, -0.2) is 0 Å². The minimum absolute atomic E-state index is 0.0168. The van der Waals surface area contributed by atoms with Crippen LogP contribution in [0.25, 0.3) is 0 Å². The lowest BCUT2D eigenvalue weighted by molar-refractivity contribution is -0.144. The van der Waals surface area contributed by atoms with Gasteiger partial charge in [0.2, 0.25) is 0 Å². The van der Waals surface area contributed by atoms with Gasteiger partial charge in [-0.05, 0) is 49.4 Å². The maximum absolute atomic E-state index is 11.5. The quantitative estimate of drug-likeness (QED) is 0.795. The molecule has 0 aromatic heterocycles. The molecule has 1 aromatic rings. The molecule has 0 spiro atoms. The Morgan fingerprint density at radius 1 is 1.56 bits per heavy atom. The van der Waals surface area contributed by atoms with Crippen LogP contribution in [0.4, 0.5) is 0 Å². The standard InChI is InChI=1S/C13H16O3/c1-3-16-13(15)12-7-11(12)10-5-4-9(14)6-8(10)2/h4-6,11-12,14H,3,7H2,1-2H3. The molecule has 16 heavy (non-hydrogen) atoms. The predicted molar refractivity (Wildman–Crippen MR) is 60.3 cm³/mol. The molecule has 2 rings (SSSR count). The molecule has 2 unspecified atom stereocenters. The smallest absolute Gasteiger partial charge is 0.309 e. The normalized spacial score (nSPS) is 22.9. The highest BCUT2D eigenvalue weighted by molar-refractivity contribution is 5.77. The van der Waals surface area contributed by atoms with Crippen molar-refractivity contribution in [2.24, 2.45) is 5.92 Å². The lowest BCUT2D eigenvalue weighted by atomic mass is 10.0. The lowest BCUT2D eigenvalue weighted by Crippen LogP contribution is -2.07. The monoisotopic (exact) mass is 220 g/mol. The molecule has 0 saturated heterocycles. The van der Waals surface area contributed by atoms with E-state index in [-0.39, 0.29) is 23.6 Å². The van der Waals surface area contributed by atoms with E-state index in [9.17, 15) is 9.90 Å². The third-order valence-electron chi connectivity index (χ3n) is 3.03. The Morgan fingerprint density at radius 2 is 2.31 bits per heavy atom. The number of hydrogen-bond donors (Lipinski definition) is 1. The van der Waals surface area contributed by atoms with Crippen molar-refractivity contribution in [3.05, 3.63) is 29.3 Å². The number of aromatic hydroxyl groups is 1. The number of phenolic OH excluding ortho intramolecular Hbond substituents is 1. The average molecular weight is 220 g/mol. The minimum Gasteiger partial charge on any atom is -0.508 e. The first-order chi connectivity index (χ1) is 7.63. The van der Waals surface area contributed by atoms with Crippen molar-refractivity contribution in [1.82, 2.24) is 0 Å². The molecule has 0 heterocycles. The highest BCUT2D eigenvalue weighted by Gasteiger charge is 2.45. The van der Waals surface area contributed by atoms with Gasteiger partial charge in [-0.2, -0.15) is 0 Å². The molecular weight excluding hydrogens is 204 g/mol. The molecule has 1 saturated carbocycles. The number of rotatable bonds is 3. The summed E-state index contributed by atoms with van der Waals surface area (Å²) in [7, 11) is 0. The number of hydrogen-bond acceptors (Lipinski definition) is 3. The second-order valence-electron chi connectivity index (χ2n) is 4.24. The number of aryl methyl sites for hydroxylation is 1. The summed E-state index contributed by atoms with van der Waals surface area (Å²) in [6, 6.07) is 5.30. The van der Waals surface area contributed by atoms with Crippen molar-refractivity contribution >= 4 is 5.97 Å². The van der Waals surface area contributed by atoms with Crippen LogP contribution in [0.1, 0.15) is 30.4 Å². The van der Waals surface area contributed by atoms with E-state index in [1.165, 1.54) is 0 Å². The highest BCUT2D eigenvalue weighted by Crippen LogP contribution is 2.49. The Balaban J connectivity index is 2.08. The van der Waals surface area contributed by atoms with Crippen molar-refractivity contribution in [2.45, 2.75) is 26.2 Å². The second-order valence-corrected chi connectivity index (χ2v) is 4.24. The molecule has 3 heteroatoms. The van der Waals surface area contributed by atoms with E-state index in [4.69, 9.17) is 4.74 Å². The Morgan fingerprint density at radius 3 is 2.94 bits per heavy atom. The van der Waals surface area contributed by atoms with Crippen LogP contribution in [0.5, 0.6) is 5.75 Å². The van der Waals surface area contributed by atoms with E-state index in [1.54, 1.807) is 12.1 Å². The molecular formula is C13H16O3. The maximum atomic E-state index is 11.5. The number of phenols is 1. The van der Waals surface area contributed by atoms with Gasteiger partial charge in [0, 0.05) is 0 Å². The Labute approximate surface area is 95.0 Å². The van der Waals surface area contributed by atoms with Gasteiger partial charge in [0.25, 0.3) is 0 Å². The molecule has 1 aliphatic carbocycles. The zero-order valence-electron chi connectivity index (χ0n) is 9.56. The molecule has 0 amide bonds. The number of carbonyl (C=O) groups is 1. The Bertz CT molecular complexity index is 412. The summed E-state index contributed by atoms with van der Waals surface area (Å²) in [5.41, 5.74) is 2.19. The van der Waals surface area contributed by atoms with Gasteiger partial charge in [-0.1, -0.05) is 6.07 Å². The summed E-state index contributed by atoms with van der Waals surface area (Å²) in [5, 5.41) is 9.31. The minimum atomic E-state index is -0.0972. The number of benzene rings is 1. The average Bonchev–Trinajstić information content (AvgIpc) is 2.98. The molecule has 3 nitrogen and oxygen atoms in total. The van der Waals surface area contributed by atoms with Gasteiger partial charge in [-0.3, -0.25) is 4.79 Å². The molecule has 0 bridgehead atoms. The summed E-state index contributed by atoms with van der Waals surface area (Å²) in [4.78, 5) is 11.5. The van der Waals surface area contributed by atoms with Crippen LogP contribution in [0.3, 0.4) is 0 Å². The van der Waals surface area contributed by atoms with Crippen LogP contribution >= 0.6 is 0 Å². The first-order valence-electron chi connectivity index (χ1n) is 5.59. The topological polar surface area (TPSA) is 46.5 Å². The van der Waals surface area contributed by atoms with Crippen LogP contribution in [-0.2, 0) is 9.53 Å². The fraction of sp³-hybridized carbons (Fsp3) is 0.462. The number of esters is 1. The SMILES string of the molecule is CCOC(=O)C1CC1c1ccc(O)cc1C. The summed E-state index contributed by atoms with van der Waals surface area (Å²) >= 11 is 0. The zero-order valence-corrected chi connectivity index (χ0v) is 9.56. The first kappa shape index (κ1) is 11.0. The largest absolute Gasteiger partial charge is 0.508 e. The van der Waals surface area contributed by atoms with E-state index in [2.05, 4.69) is 0 Å². The molecule has 1 fully saturated rings. The second kappa shape index (κ2) is 4.16. The summed E-state index contributed by atoms with van der Waals surface area (Å²) in [6.07, 6.45) is 0.866. The van der Waals surface area contributed by atoms with Crippen LogP contribution in [0.15, 0.2) is 18.2 Å². The molecule has 0 radical (unpaired) electrons. The van der Waals surface area contributed by atoms with Gasteiger partial charge >= 0.3 is 5.97 Å². The van der Waals surface area contributed by atoms with Crippen molar-refractivity contribution < 1.29 is 14.6 Å². The fourth-order valence-electron chi connectivity index (χ4n) is 2.12. The summed E-state index contributed by atoms with van der Waals surface area (Å²) < 4.78 is 4.99. The van der Waals surface area contributed by atoms with E-state index in [0.717, 1.165) is 17.5 Å². The Kier molecular flexibility index (Phi) is 2.86. The molecule has 86 valence electrons. The Hall–Kier alpha value is -1.51. The van der Waals surface area contributed by atoms with E-state index in [0.29, 0.717) is 6.61 Å². The predicted octanol–water partition coefficient (Wildman–Crippen LogP) is 2.37. The zero-order chi connectivity index (χ0) is 11.7. The molecule has 1 aromatic carbocycles. The van der Waals surface area contributed by atoms with Gasteiger partial charge < -0.3 is 9.84 Å². The van der Waals surface area contributed by atoms with Crippen molar-refractivity contribution in [3.8, 4) is 5.75 Å². The van der Waals surface area contributed by atoms with Gasteiger partial charge in [0.15, 0.2) is 0 Å². The maximum Gasteiger partial charge on any atom is 0.309 e. The molecule has 1 N–H and O–H groups in total. The van der Waals surface area contributed by atoms with Crippen LogP contribution < -0.4 is 0 Å². The summed E-state index contributed by atoms with van der Waals surface area (Å²) in [6.45, 7) is 4.22. The fourth-order valence-corrected chi connectivity index (χ4v) is 2.12. The van der Waals surface area contributed by atoms with Crippen molar-refractivity contribution in [2.75, 3.05) is 6.61 Å². The van der Waals surface area contributed by atoms with Gasteiger partial charge in [0.1, 0.15) is 5.75 Å².